The summed E-state index contributed by atoms with van der Waals surface area (Å²) in [6.45, 7) is 0.473. The van der Waals surface area contributed by atoms with Crippen LogP contribution in [0, 0.1) is 5.82 Å². The number of benzene rings is 2. The molecule has 110 valence electrons. The first-order valence-electron chi connectivity index (χ1n) is 6.53. The predicted octanol–water partition coefficient (Wildman–Crippen LogP) is 4.28. The summed E-state index contributed by atoms with van der Waals surface area (Å²) < 4.78 is 12.7. The molecule has 2 aromatic carbocycles. The van der Waals surface area contributed by atoms with Crippen LogP contribution in [0.15, 0.2) is 53.4 Å². The van der Waals surface area contributed by atoms with Gasteiger partial charge in [-0.1, -0.05) is 23.7 Å². The Kier molecular flexibility index (Phi) is 6.08. The number of halogens is 2. The number of hydrogen-bond acceptors (Lipinski definition) is 2. The van der Waals surface area contributed by atoms with E-state index in [1.807, 2.05) is 18.2 Å². The molecule has 0 bridgehead atoms. The molecule has 5 heteroatoms. The Morgan fingerprint density at radius 2 is 1.95 bits per heavy atom. The van der Waals surface area contributed by atoms with Crippen LogP contribution >= 0.6 is 23.4 Å². The Bertz CT molecular complexity index is 603. The first kappa shape index (κ1) is 15.9. The summed E-state index contributed by atoms with van der Waals surface area (Å²) in [7, 11) is 0. The lowest BCUT2D eigenvalue weighted by Crippen LogP contribution is -2.22. The summed E-state index contributed by atoms with van der Waals surface area (Å²) in [5.41, 5.74) is 0.974. The standard InChI is InChI=1S/C16H15ClFNOS/c17-13-3-1-2-12(10-13)11-19-16(20)8-9-21-15-6-4-14(18)5-7-15/h1-7,10H,8-9,11H2,(H,19,20). The second kappa shape index (κ2) is 8.05. The van der Waals surface area contributed by atoms with Crippen molar-refractivity contribution in [1.29, 1.82) is 0 Å². The van der Waals surface area contributed by atoms with E-state index in [4.69, 9.17) is 11.6 Å². The van der Waals surface area contributed by atoms with Crippen molar-refractivity contribution in [3.8, 4) is 0 Å². The second-order valence-electron chi connectivity index (χ2n) is 4.46. The van der Waals surface area contributed by atoms with E-state index in [1.165, 1.54) is 23.9 Å². The molecule has 0 unspecified atom stereocenters. The summed E-state index contributed by atoms with van der Waals surface area (Å²) >= 11 is 7.41. The molecule has 0 aliphatic rings. The van der Waals surface area contributed by atoms with E-state index in [2.05, 4.69) is 5.32 Å². The van der Waals surface area contributed by atoms with Crippen LogP contribution in [0.3, 0.4) is 0 Å². The van der Waals surface area contributed by atoms with E-state index in [0.29, 0.717) is 23.7 Å². The lowest BCUT2D eigenvalue weighted by Gasteiger charge is -2.06. The number of amides is 1. The number of hydrogen-bond donors (Lipinski definition) is 1. The molecule has 0 aliphatic carbocycles. The first-order valence-corrected chi connectivity index (χ1v) is 7.89. The molecule has 0 spiro atoms. The van der Waals surface area contributed by atoms with E-state index < -0.39 is 0 Å². The van der Waals surface area contributed by atoms with Crippen LogP contribution in [0.1, 0.15) is 12.0 Å². The number of carbonyl (C=O) groups is 1. The van der Waals surface area contributed by atoms with Gasteiger partial charge in [-0.3, -0.25) is 4.79 Å². The van der Waals surface area contributed by atoms with Crippen LogP contribution in [-0.4, -0.2) is 11.7 Å². The van der Waals surface area contributed by atoms with Gasteiger partial charge in [0.15, 0.2) is 0 Å². The fourth-order valence-electron chi connectivity index (χ4n) is 1.73. The Morgan fingerprint density at radius 3 is 2.67 bits per heavy atom. The van der Waals surface area contributed by atoms with Crippen molar-refractivity contribution >= 4 is 29.3 Å². The highest BCUT2D eigenvalue weighted by Gasteiger charge is 2.03. The molecule has 2 nitrogen and oxygen atoms in total. The summed E-state index contributed by atoms with van der Waals surface area (Å²) in [4.78, 5) is 12.7. The highest BCUT2D eigenvalue weighted by molar-refractivity contribution is 7.99. The normalized spacial score (nSPS) is 10.4. The van der Waals surface area contributed by atoms with Gasteiger partial charge in [-0.05, 0) is 42.0 Å². The summed E-state index contributed by atoms with van der Waals surface area (Å²) in [5.74, 6) is 0.399. The zero-order valence-electron chi connectivity index (χ0n) is 11.3. The zero-order chi connectivity index (χ0) is 15.1. The van der Waals surface area contributed by atoms with Gasteiger partial charge in [0.25, 0.3) is 0 Å². The van der Waals surface area contributed by atoms with Gasteiger partial charge in [-0.2, -0.15) is 0 Å². The smallest absolute Gasteiger partial charge is 0.221 e. The van der Waals surface area contributed by atoms with Gasteiger partial charge in [-0.25, -0.2) is 4.39 Å². The molecule has 0 aromatic heterocycles. The molecule has 0 fully saturated rings. The zero-order valence-corrected chi connectivity index (χ0v) is 12.9. The lowest BCUT2D eigenvalue weighted by atomic mass is 10.2. The average molecular weight is 324 g/mol. The topological polar surface area (TPSA) is 29.1 Å². The van der Waals surface area contributed by atoms with Crippen LogP contribution in [0.5, 0.6) is 0 Å². The minimum atomic E-state index is -0.251. The number of nitrogens with one attached hydrogen (secondary N) is 1. The minimum Gasteiger partial charge on any atom is -0.352 e. The second-order valence-corrected chi connectivity index (χ2v) is 6.06. The average Bonchev–Trinajstić information content (AvgIpc) is 2.47. The Morgan fingerprint density at radius 1 is 1.19 bits per heavy atom. The number of rotatable bonds is 6. The molecule has 2 rings (SSSR count). The van der Waals surface area contributed by atoms with Crippen molar-refractivity contribution in [3.63, 3.8) is 0 Å². The Labute approximate surface area is 132 Å². The molecule has 21 heavy (non-hydrogen) atoms. The maximum absolute atomic E-state index is 12.7. The molecule has 0 saturated carbocycles. The van der Waals surface area contributed by atoms with E-state index in [1.54, 1.807) is 18.2 Å². The summed E-state index contributed by atoms with van der Waals surface area (Å²) in [5, 5.41) is 3.51. The largest absolute Gasteiger partial charge is 0.352 e. The quantitative estimate of drug-likeness (QED) is 0.804. The molecule has 0 radical (unpaired) electrons. The summed E-state index contributed by atoms with van der Waals surface area (Å²) in [6.07, 6.45) is 0.419. The molecule has 1 N–H and O–H groups in total. The van der Waals surface area contributed by atoms with Gasteiger partial charge < -0.3 is 5.32 Å². The molecule has 0 saturated heterocycles. The van der Waals surface area contributed by atoms with Crippen LogP contribution in [0.4, 0.5) is 4.39 Å². The molecule has 2 aromatic rings. The van der Waals surface area contributed by atoms with Gasteiger partial charge >= 0.3 is 0 Å². The van der Waals surface area contributed by atoms with Gasteiger partial charge in [0.05, 0.1) is 0 Å². The van der Waals surface area contributed by atoms with Gasteiger partial charge in [0.1, 0.15) is 5.82 Å². The highest BCUT2D eigenvalue weighted by Crippen LogP contribution is 2.18. The van der Waals surface area contributed by atoms with Crippen molar-refractivity contribution in [2.24, 2.45) is 0 Å². The van der Waals surface area contributed by atoms with E-state index >= 15 is 0 Å². The van der Waals surface area contributed by atoms with Crippen LogP contribution < -0.4 is 5.32 Å². The van der Waals surface area contributed by atoms with E-state index in [9.17, 15) is 9.18 Å². The maximum atomic E-state index is 12.7. The maximum Gasteiger partial charge on any atom is 0.221 e. The molecule has 0 heterocycles. The molecule has 0 aliphatic heterocycles. The predicted molar refractivity (Wildman–Crippen MR) is 85.0 cm³/mol. The van der Waals surface area contributed by atoms with Crippen molar-refractivity contribution < 1.29 is 9.18 Å². The van der Waals surface area contributed by atoms with Crippen LogP contribution in [-0.2, 0) is 11.3 Å². The molecular weight excluding hydrogens is 309 g/mol. The van der Waals surface area contributed by atoms with Crippen molar-refractivity contribution in [1.82, 2.24) is 5.32 Å². The number of thioether (sulfide) groups is 1. The van der Waals surface area contributed by atoms with E-state index in [0.717, 1.165) is 10.5 Å². The third kappa shape index (κ3) is 5.78. The van der Waals surface area contributed by atoms with Gasteiger partial charge in [-0.15, -0.1) is 11.8 Å². The number of carbonyl (C=O) groups excluding carboxylic acids is 1. The fraction of sp³-hybridized carbons (Fsp3) is 0.188. The summed E-state index contributed by atoms with van der Waals surface area (Å²) in [6, 6.07) is 13.7. The lowest BCUT2D eigenvalue weighted by molar-refractivity contribution is -0.120. The van der Waals surface area contributed by atoms with Crippen LogP contribution in [0.2, 0.25) is 5.02 Å². The first-order chi connectivity index (χ1) is 10.1. The van der Waals surface area contributed by atoms with Crippen molar-refractivity contribution in [2.45, 2.75) is 17.9 Å². The van der Waals surface area contributed by atoms with Crippen LogP contribution in [0.25, 0.3) is 0 Å². The molecule has 0 atom stereocenters. The fourth-order valence-corrected chi connectivity index (χ4v) is 2.79. The van der Waals surface area contributed by atoms with Gasteiger partial charge in [0.2, 0.25) is 5.91 Å². The minimum absolute atomic E-state index is 0.00964. The molecule has 1 amide bonds. The SMILES string of the molecule is O=C(CCSc1ccc(F)cc1)NCc1cccc(Cl)c1. The van der Waals surface area contributed by atoms with Crippen molar-refractivity contribution in [2.75, 3.05) is 5.75 Å². The van der Waals surface area contributed by atoms with E-state index in [-0.39, 0.29) is 11.7 Å². The third-order valence-corrected chi connectivity index (χ3v) is 4.04. The van der Waals surface area contributed by atoms with Gasteiger partial charge in [0, 0.05) is 28.6 Å². The monoisotopic (exact) mass is 323 g/mol. The molecular formula is C16H15ClFNOS. The Balaban J connectivity index is 1.69. The Hall–Kier alpha value is -1.52. The van der Waals surface area contributed by atoms with Crippen molar-refractivity contribution in [3.05, 3.63) is 64.9 Å². The highest BCUT2D eigenvalue weighted by atomic mass is 35.5. The third-order valence-electron chi connectivity index (χ3n) is 2.79.